The van der Waals surface area contributed by atoms with Crippen LogP contribution in [0.15, 0.2) is 27.5 Å². The van der Waals surface area contributed by atoms with E-state index in [1.807, 2.05) is 19.9 Å². The number of aromatic amines is 1. The molecule has 0 spiro atoms. The molecule has 3 heterocycles. The number of nitrogen functional groups attached to an aromatic ring is 1. The normalized spacial score (nSPS) is 11.2. The summed E-state index contributed by atoms with van der Waals surface area (Å²) in [5, 5.41) is 3.93. The van der Waals surface area contributed by atoms with Gasteiger partial charge >= 0.3 is 5.69 Å². The van der Waals surface area contributed by atoms with Crippen molar-refractivity contribution in [2.75, 3.05) is 5.73 Å². The number of aromatic nitrogens is 3. The minimum atomic E-state index is -0.286. The van der Waals surface area contributed by atoms with E-state index < -0.39 is 0 Å². The van der Waals surface area contributed by atoms with Crippen LogP contribution in [0.5, 0.6) is 0 Å². The molecule has 18 heavy (non-hydrogen) atoms. The highest BCUT2D eigenvalue weighted by Crippen LogP contribution is 2.31. The summed E-state index contributed by atoms with van der Waals surface area (Å²) in [6.45, 7) is 3.68. The van der Waals surface area contributed by atoms with Crippen molar-refractivity contribution in [1.82, 2.24) is 14.6 Å². The molecule has 3 N–H and O–H groups in total. The molecule has 0 bridgehead atoms. The molecule has 0 fully saturated rings. The van der Waals surface area contributed by atoms with Gasteiger partial charge in [-0.3, -0.25) is 0 Å². The second-order valence-corrected chi connectivity index (χ2v) is 4.18. The van der Waals surface area contributed by atoms with Gasteiger partial charge in [0.05, 0.1) is 17.4 Å². The average molecular weight is 244 g/mol. The summed E-state index contributed by atoms with van der Waals surface area (Å²) in [4.78, 5) is 14.6. The first-order valence-electron chi connectivity index (χ1n) is 5.51. The zero-order valence-corrected chi connectivity index (χ0v) is 10.0. The second kappa shape index (κ2) is 3.49. The molecular formula is C12H12N4O2. The Kier molecular flexibility index (Phi) is 2.07. The molecule has 6 nitrogen and oxygen atoms in total. The van der Waals surface area contributed by atoms with Crippen LogP contribution in [0.2, 0.25) is 0 Å². The molecule has 3 aromatic rings. The first-order chi connectivity index (χ1) is 8.58. The van der Waals surface area contributed by atoms with Crippen molar-refractivity contribution in [2.24, 2.45) is 0 Å². The predicted octanol–water partition coefficient (Wildman–Crippen LogP) is 1.48. The van der Waals surface area contributed by atoms with Gasteiger partial charge < -0.3 is 15.1 Å². The number of anilines is 1. The van der Waals surface area contributed by atoms with E-state index in [9.17, 15) is 4.79 Å². The summed E-state index contributed by atoms with van der Waals surface area (Å²) in [7, 11) is 0. The number of nitrogens with zero attached hydrogens (tertiary/aromatic N) is 2. The van der Waals surface area contributed by atoms with Crippen molar-refractivity contribution in [3.05, 3.63) is 40.1 Å². The maximum Gasteiger partial charge on any atom is 0.347 e. The highest BCUT2D eigenvalue weighted by atomic mass is 16.4. The van der Waals surface area contributed by atoms with Gasteiger partial charge in [-0.25, -0.2) is 4.79 Å². The average Bonchev–Trinajstić information content (AvgIpc) is 2.85. The number of rotatable bonds is 1. The Bertz CT molecular complexity index is 794. The fourth-order valence-corrected chi connectivity index (χ4v) is 2.15. The molecule has 0 saturated carbocycles. The minimum absolute atomic E-state index is 0.286. The Morgan fingerprint density at radius 3 is 2.89 bits per heavy atom. The molecule has 0 saturated heterocycles. The van der Waals surface area contributed by atoms with E-state index in [1.165, 1.54) is 4.52 Å². The van der Waals surface area contributed by atoms with Crippen LogP contribution in [0.25, 0.3) is 16.8 Å². The number of furan rings is 1. The molecule has 0 unspecified atom stereocenters. The smallest absolute Gasteiger partial charge is 0.347 e. The lowest BCUT2D eigenvalue weighted by atomic mass is 10.1. The van der Waals surface area contributed by atoms with Crippen LogP contribution in [-0.4, -0.2) is 14.6 Å². The van der Waals surface area contributed by atoms with E-state index in [4.69, 9.17) is 10.2 Å². The van der Waals surface area contributed by atoms with E-state index >= 15 is 0 Å². The summed E-state index contributed by atoms with van der Waals surface area (Å²) in [5.41, 5.74) is 8.51. The Morgan fingerprint density at radius 2 is 2.22 bits per heavy atom. The fraction of sp³-hybridized carbons (Fsp3) is 0.167. The van der Waals surface area contributed by atoms with E-state index in [2.05, 4.69) is 10.1 Å². The number of nitrogens with two attached hydrogens (primary N) is 1. The van der Waals surface area contributed by atoms with E-state index in [0.29, 0.717) is 17.3 Å². The molecule has 0 atom stereocenters. The van der Waals surface area contributed by atoms with E-state index in [1.54, 1.807) is 12.3 Å². The van der Waals surface area contributed by atoms with Crippen LogP contribution in [-0.2, 0) is 0 Å². The van der Waals surface area contributed by atoms with E-state index in [-0.39, 0.29) is 5.69 Å². The largest absolute Gasteiger partial charge is 0.445 e. The number of hydrogen-bond donors (Lipinski definition) is 2. The number of hydrogen-bond acceptors (Lipinski definition) is 4. The number of H-pyrrole nitrogens is 1. The summed E-state index contributed by atoms with van der Waals surface area (Å²) >= 11 is 0. The van der Waals surface area contributed by atoms with Gasteiger partial charge in [-0.05, 0) is 26.0 Å². The Labute approximate surface area is 102 Å². The first kappa shape index (κ1) is 10.6. The van der Waals surface area contributed by atoms with Gasteiger partial charge in [0.1, 0.15) is 5.76 Å². The quantitative estimate of drug-likeness (QED) is 0.678. The van der Waals surface area contributed by atoms with Crippen molar-refractivity contribution < 1.29 is 4.42 Å². The molecule has 0 aliphatic heterocycles. The molecule has 0 aromatic carbocycles. The molecule has 0 aliphatic carbocycles. The van der Waals surface area contributed by atoms with Crippen LogP contribution in [0.1, 0.15) is 11.3 Å². The standard InChI is InChI=1S/C12H12N4O2/c1-6-10(7(2)18-11(6)13)9-5-8-3-4-14-16(8)12(17)15-9/h3-5H,13H2,1-2H3,(H,15,17). The minimum Gasteiger partial charge on any atom is -0.445 e. The van der Waals surface area contributed by atoms with Crippen molar-refractivity contribution >= 4 is 11.4 Å². The van der Waals surface area contributed by atoms with Gasteiger partial charge in [-0.15, -0.1) is 0 Å². The van der Waals surface area contributed by atoms with Gasteiger partial charge in [-0.1, -0.05) is 0 Å². The molecule has 92 valence electrons. The first-order valence-corrected chi connectivity index (χ1v) is 5.51. The van der Waals surface area contributed by atoms with Crippen molar-refractivity contribution in [1.29, 1.82) is 0 Å². The number of fused-ring (bicyclic) bond motifs is 1. The third-order valence-corrected chi connectivity index (χ3v) is 3.03. The third kappa shape index (κ3) is 1.35. The van der Waals surface area contributed by atoms with Crippen LogP contribution in [0, 0.1) is 13.8 Å². The van der Waals surface area contributed by atoms with Crippen molar-refractivity contribution in [2.45, 2.75) is 13.8 Å². The van der Waals surface area contributed by atoms with Crippen molar-refractivity contribution in [3.63, 3.8) is 0 Å². The summed E-state index contributed by atoms with van der Waals surface area (Å²) in [6, 6.07) is 3.62. The highest BCUT2D eigenvalue weighted by molar-refractivity contribution is 5.73. The number of aryl methyl sites for hydroxylation is 1. The van der Waals surface area contributed by atoms with Gasteiger partial charge in [-0.2, -0.15) is 9.61 Å². The second-order valence-electron chi connectivity index (χ2n) is 4.18. The SMILES string of the molecule is Cc1oc(N)c(C)c1-c1cc2ccnn2c(=O)[nH]1. The van der Waals surface area contributed by atoms with Gasteiger partial charge in [0.25, 0.3) is 0 Å². The number of nitrogens with one attached hydrogen (secondary N) is 1. The van der Waals surface area contributed by atoms with Gasteiger partial charge in [0, 0.05) is 11.1 Å². The summed E-state index contributed by atoms with van der Waals surface area (Å²) < 4.78 is 6.67. The summed E-state index contributed by atoms with van der Waals surface area (Å²) in [5.74, 6) is 1.06. The van der Waals surface area contributed by atoms with E-state index in [0.717, 1.165) is 16.6 Å². The zero-order chi connectivity index (χ0) is 12.9. The molecular weight excluding hydrogens is 232 g/mol. The van der Waals surface area contributed by atoms with Gasteiger partial charge in [0.2, 0.25) is 0 Å². The molecule has 0 amide bonds. The maximum absolute atomic E-state index is 11.8. The Hall–Kier alpha value is -2.50. The van der Waals surface area contributed by atoms with Crippen LogP contribution < -0.4 is 11.4 Å². The summed E-state index contributed by atoms with van der Waals surface area (Å²) in [6.07, 6.45) is 1.58. The molecule has 0 radical (unpaired) electrons. The third-order valence-electron chi connectivity index (χ3n) is 3.03. The lowest BCUT2D eigenvalue weighted by molar-refractivity contribution is 0.553. The Balaban J connectivity index is 2.35. The zero-order valence-electron chi connectivity index (χ0n) is 10.0. The predicted molar refractivity (Wildman–Crippen MR) is 67.4 cm³/mol. The van der Waals surface area contributed by atoms with Crippen molar-refractivity contribution in [3.8, 4) is 11.3 Å². The van der Waals surface area contributed by atoms with Gasteiger partial charge in [0.15, 0.2) is 5.88 Å². The molecule has 0 aliphatic rings. The highest BCUT2D eigenvalue weighted by Gasteiger charge is 2.15. The molecule has 3 aromatic heterocycles. The topological polar surface area (TPSA) is 89.3 Å². The monoisotopic (exact) mass is 244 g/mol. The fourth-order valence-electron chi connectivity index (χ4n) is 2.15. The van der Waals surface area contributed by atoms with Crippen LogP contribution in [0.3, 0.4) is 0 Å². The lowest BCUT2D eigenvalue weighted by Gasteiger charge is -2.02. The van der Waals surface area contributed by atoms with Crippen LogP contribution >= 0.6 is 0 Å². The maximum atomic E-state index is 11.8. The Morgan fingerprint density at radius 1 is 1.44 bits per heavy atom. The molecule has 3 rings (SSSR count). The lowest BCUT2D eigenvalue weighted by Crippen LogP contribution is -2.17. The molecule has 6 heteroatoms. The van der Waals surface area contributed by atoms with Crippen LogP contribution in [0.4, 0.5) is 5.88 Å².